The Morgan fingerprint density at radius 2 is 2.22 bits per heavy atom. The van der Waals surface area contributed by atoms with Gasteiger partial charge < -0.3 is 20.7 Å². The summed E-state index contributed by atoms with van der Waals surface area (Å²) in [6.45, 7) is 0.409. The Morgan fingerprint density at radius 1 is 1.43 bits per heavy atom. The molecule has 0 aliphatic carbocycles. The van der Waals surface area contributed by atoms with Gasteiger partial charge in [0.1, 0.15) is 11.7 Å². The van der Waals surface area contributed by atoms with Crippen LogP contribution < -0.4 is 11.1 Å². The maximum absolute atomic E-state index is 11.9. The fraction of sp³-hybridized carbons (Fsp3) is 0.429. The molecule has 2 heterocycles. The molecule has 0 radical (unpaired) electrons. The Balaban J connectivity index is 1.77. The van der Waals surface area contributed by atoms with Crippen molar-refractivity contribution in [3.63, 3.8) is 0 Å². The van der Waals surface area contributed by atoms with E-state index in [2.05, 4.69) is 15.5 Å². The van der Waals surface area contributed by atoms with Gasteiger partial charge in [0.05, 0.1) is 11.9 Å². The third-order valence-corrected chi connectivity index (χ3v) is 3.42. The number of nitrogens with zero attached hydrogens (tertiary/aromatic N) is 4. The van der Waals surface area contributed by atoms with Crippen LogP contribution in [0.2, 0.25) is 0 Å². The maximum Gasteiger partial charge on any atom is 0.359 e. The fourth-order valence-corrected chi connectivity index (χ4v) is 2.08. The van der Waals surface area contributed by atoms with Crippen LogP contribution in [0.15, 0.2) is 24.5 Å². The van der Waals surface area contributed by atoms with E-state index in [1.165, 1.54) is 6.20 Å². The van der Waals surface area contributed by atoms with Crippen LogP contribution in [0.3, 0.4) is 0 Å². The van der Waals surface area contributed by atoms with E-state index < -0.39 is 18.0 Å². The van der Waals surface area contributed by atoms with E-state index in [1.54, 1.807) is 0 Å². The van der Waals surface area contributed by atoms with Gasteiger partial charge in [-0.2, -0.15) is 5.10 Å². The average molecular weight is 320 g/mol. The lowest BCUT2D eigenvalue weighted by Crippen LogP contribution is -2.32. The van der Waals surface area contributed by atoms with Crippen molar-refractivity contribution in [3.8, 4) is 11.4 Å². The number of carbonyl (C=O) groups is 2. The smallest absolute Gasteiger partial charge is 0.359 e. The molecule has 0 aliphatic heterocycles. The molecule has 9 heteroatoms. The van der Waals surface area contributed by atoms with Gasteiger partial charge in [0.25, 0.3) is 0 Å². The van der Waals surface area contributed by atoms with Gasteiger partial charge in [-0.3, -0.25) is 4.79 Å². The second-order valence-corrected chi connectivity index (χ2v) is 5.20. The lowest BCUT2D eigenvalue weighted by atomic mass is 10.1. The first kappa shape index (κ1) is 16.7. The summed E-state index contributed by atoms with van der Waals surface area (Å²) in [5.41, 5.74) is 6.88. The first-order valence-corrected chi connectivity index (χ1v) is 7.29. The van der Waals surface area contributed by atoms with Crippen molar-refractivity contribution >= 4 is 12.0 Å². The lowest BCUT2D eigenvalue weighted by Gasteiger charge is -2.06. The third kappa shape index (κ3) is 4.39. The molecule has 0 bridgehead atoms. The van der Waals surface area contributed by atoms with Crippen LogP contribution in [-0.4, -0.2) is 49.3 Å². The number of carboxylic acids is 1. The number of nitrogens with two attached hydrogens (primary N) is 1. The quantitative estimate of drug-likeness (QED) is 0.634. The minimum Gasteiger partial charge on any atom is -0.480 e. The highest BCUT2D eigenvalue weighted by Crippen LogP contribution is 2.14. The summed E-state index contributed by atoms with van der Waals surface area (Å²) < 4.78 is 1.89. The largest absolute Gasteiger partial charge is 0.480 e. The molecule has 0 aliphatic rings. The minimum absolute atomic E-state index is 0.378. The number of hydrogen-bond donors (Lipinski definition) is 3. The number of aromatic nitrogens is 4. The van der Waals surface area contributed by atoms with Crippen molar-refractivity contribution < 1.29 is 14.7 Å². The van der Waals surface area contributed by atoms with Crippen LogP contribution in [0.25, 0.3) is 11.4 Å². The van der Waals surface area contributed by atoms with Gasteiger partial charge in [-0.25, -0.2) is 4.79 Å². The molecule has 23 heavy (non-hydrogen) atoms. The van der Waals surface area contributed by atoms with Gasteiger partial charge >= 0.3 is 12.0 Å². The number of unbranched alkanes of at least 4 members (excludes halogenated alkanes) is 1. The molecular formula is C14H20N6O3. The Labute approximate surface area is 133 Å². The highest BCUT2D eigenvalue weighted by Gasteiger charge is 2.12. The van der Waals surface area contributed by atoms with Crippen molar-refractivity contribution in [2.24, 2.45) is 12.8 Å². The van der Waals surface area contributed by atoms with E-state index in [4.69, 9.17) is 10.8 Å². The van der Waals surface area contributed by atoms with E-state index >= 15 is 0 Å². The number of amides is 1. The van der Waals surface area contributed by atoms with E-state index in [0.29, 0.717) is 31.5 Å². The Hall–Kier alpha value is -2.68. The summed E-state index contributed by atoms with van der Waals surface area (Å²) in [6, 6.07) is 2.49. The van der Waals surface area contributed by atoms with Gasteiger partial charge in [0.2, 0.25) is 0 Å². The van der Waals surface area contributed by atoms with E-state index in [-0.39, 0.29) is 0 Å². The number of nitrogens with one attached hydrogen (secondary N) is 1. The zero-order valence-corrected chi connectivity index (χ0v) is 12.8. The highest BCUT2D eigenvalue weighted by molar-refractivity contribution is 5.75. The monoisotopic (exact) mass is 320 g/mol. The van der Waals surface area contributed by atoms with Crippen molar-refractivity contribution in [3.05, 3.63) is 24.5 Å². The van der Waals surface area contributed by atoms with Gasteiger partial charge in [0.15, 0.2) is 0 Å². The maximum atomic E-state index is 11.9. The van der Waals surface area contributed by atoms with Crippen molar-refractivity contribution in [1.82, 2.24) is 24.9 Å². The van der Waals surface area contributed by atoms with Crippen molar-refractivity contribution in [2.75, 3.05) is 6.54 Å². The van der Waals surface area contributed by atoms with Crippen LogP contribution in [0.4, 0.5) is 4.79 Å². The van der Waals surface area contributed by atoms with Gasteiger partial charge in [0, 0.05) is 19.8 Å². The number of aryl methyl sites for hydroxylation is 1. The Morgan fingerprint density at radius 3 is 2.87 bits per heavy atom. The normalized spacial score (nSPS) is 12.1. The second kappa shape index (κ2) is 7.54. The summed E-state index contributed by atoms with van der Waals surface area (Å²) in [6.07, 6.45) is 5.05. The molecule has 0 spiro atoms. The predicted octanol–water partition coefficient (Wildman–Crippen LogP) is 0.424. The average Bonchev–Trinajstić information content (AvgIpc) is 3.14. The minimum atomic E-state index is -1.01. The molecule has 1 atom stereocenters. The van der Waals surface area contributed by atoms with Crippen LogP contribution in [-0.2, 0) is 11.8 Å². The van der Waals surface area contributed by atoms with E-state index in [0.717, 1.165) is 10.5 Å². The fourth-order valence-electron chi connectivity index (χ4n) is 2.08. The zero-order chi connectivity index (χ0) is 16.8. The first-order valence-electron chi connectivity index (χ1n) is 7.29. The Bertz CT molecular complexity index is 678. The lowest BCUT2D eigenvalue weighted by molar-refractivity contribution is -0.138. The SMILES string of the molecule is Cn1cccc1-c1cnn(C(=O)NCCCC[C@H](N)C(=O)O)n1. The summed E-state index contributed by atoms with van der Waals surface area (Å²) in [4.78, 5) is 23.5. The number of hydrogen-bond acceptors (Lipinski definition) is 5. The summed E-state index contributed by atoms with van der Waals surface area (Å²) in [5, 5.41) is 19.4. The van der Waals surface area contributed by atoms with Gasteiger partial charge in [-0.1, -0.05) is 4.80 Å². The third-order valence-electron chi connectivity index (χ3n) is 3.42. The molecule has 9 nitrogen and oxygen atoms in total. The van der Waals surface area contributed by atoms with E-state index in [9.17, 15) is 9.59 Å². The summed E-state index contributed by atoms with van der Waals surface area (Å²) in [5.74, 6) is -1.01. The summed E-state index contributed by atoms with van der Waals surface area (Å²) >= 11 is 0. The van der Waals surface area contributed by atoms with E-state index in [1.807, 2.05) is 29.9 Å². The number of aliphatic carboxylic acids is 1. The predicted molar refractivity (Wildman–Crippen MR) is 82.7 cm³/mol. The van der Waals surface area contributed by atoms with Crippen LogP contribution in [0.5, 0.6) is 0 Å². The molecule has 2 rings (SSSR count). The topological polar surface area (TPSA) is 128 Å². The molecule has 0 unspecified atom stereocenters. The highest BCUT2D eigenvalue weighted by atomic mass is 16.4. The van der Waals surface area contributed by atoms with Gasteiger partial charge in [-0.05, 0) is 31.4 Å². The van der Waals surface area contributed by atoms with Crippen molar-refractivity contribution in [2.45, 2.75) is 25.3 Å². The van der Waals surface area contributed by atoms with Crippen LogP contribution in [0, 0.1) is 0 Å². The molecular weight excluding hydrogens is 300 g/mol. The molecule has 124 valence electrons. The van der Waals surface area contributed by atoms with Gasteiger partial charge in [-0.15, -0.1) is 5.10 Å². The number of carbonyl (C=O) groups excluding carboxylic acids is 1. The molecule has 0 saturated carbocycles. The first-order chi connectivity index (χ1) is 11.0. The van der Waals surface area contributed by atoms with Crippen LogP contribution in [0.1, 0.15) is 19.3 Å². The molecule has 0 aromatic carbocycles. The Kier molecular flexibility index (Phi) is 5.47. The van der Waals surface area contributed by atoms with Crippen LogP contribution >= 0.6 is 0 Å². The number of carboxylic acid groups (broad SMARTS) is 1. The second-order valence-electron chi connectivity index (χ2n) is 5.20. The van der Waals surface area contributed by atoms with Crippen molar-refractivity contribution in [1.29, 1.82) is 0 Å². The molecule has 2 aromatic heterocycles. The molecule has 1 amide bonds. The standard InChI is InChI=1S/C14H20N6O3/c1-19-8-4-6-12(19)11-9-17-20(18-11)14(23)16-7-3-2-5-10(15)13(21)22/h4,6,8-10H,2-3,5,7,15H2,1H3,(H,16,23)(H,21,22)/t10-/m0/s1. The zero-order valence-electron chi connectivity index (χ0n) is 12.8. The summed E-state index contributed by atoms with van der Waals surface area (Å²) in [7, 11) is 1.89. The molecule has 0 saturated heterocycles. The molecule has 2 aromatic rings. The molecule has 4 N–H and O–H groups in total. The number of rotatable bonds is 7. The molecule has 0 fully saturated rings.